The van der Waals surface area contributed by atoms with Gasteiger partial charge in [0.1, 0.15) is 18.2 Å². The van der Waals surface area contributed by atoms with E-state index in [4.69, 9.17) is 9.84 Å². The first kappa shape index (κ1) is 20.7. The molecule has 5 heteroatoms. The van der Waals surface area contributed by atoms with E-state index in [2.05, 4.69) is 64.8 Å². The van der Waals surface area contributed by atoms with Crippen LogP contribution in [0.15, 0.2) is 83.8 Å². The van der Waals surface area contributed by atoms with Crippen molar-refractivity contribution in [1.82, 2.24) is 9.78 Å². The van der Waals surface area contributed by atoms with E-state index in [-0.39, 0.29) is 0 Å². The van der Waals surface area contributed by atoms with Gasteiger partial charge in [-0.05, 0) is 61.4 Å². The van der Waals surface area contributed by atoms with Crippen molar-refractivity contribution in [3.8, 4) is 22.7 Å². The van der Waals surface area contributed by atoms with Crippen molar-refractivity contribution in [2.24, 2.45) is 0 Å². The van der Waals surface area contributed by atoms with E-state index in [1.807, 2.05) is 30.3 Å². The highest BCUT2D eigenvalue weighted by atomic mass is 32.2. The second kappa shape index (κ2) is 9.53. The molecular weight excluding hydrogens is 414 g/mol. The van der Waals surface area contributed by atoms with Crippen molar-refractivity contribution in [1.29, 1.82) is 0 Å². The van der Waals surface area contributed by atoms with Crippen LogP contribution in [0.3, 0.4) is 0 Å². The molecule has 0 bridgehead atoms. The van der Waals surface area contributed by atoms with Gasteiger partial charge >= 0.3 is 0 Å². The molecule has 0 radical (unpaired) electrons. The Morgan fingerprint density at radius 1 is 0.938 bits per heavy atom. The summed E-state index contributed by atoms with van der Waals surface area (Å²) in [5, 5.41) is 8.75. The van der Waals surface area contributed by atoms with Crippen LogP contribution in [-0.4, -0.2) is 22.6 Å². The van der Waals surface area contributed by atoms with Crippen LogP contribution in [0.25, 0.3) is 16.9 Å². The summed E-state index contributed by atoms with van der Waals surface area (Å²) in [5.74, 6) is 1.98. The number of rotatable bonds is 6. The average molecular weight is 442 g/mol. The minimum absolute atomic E-state index is 0.564. The predicted molar refractivity (Wildman–Crippen MR) is 133 cm³/mol. The van der Waals surface area contributed by atoms with Gasteiger partial charge in [0.15, 0.2) is 0 Å². The van der Waals surface area contributed by atoms with Crippen molar-refractivity contribution in [2.75, 3.05) is 18.1 Å². The standard InChI is InChI=1S/C27H27N3OS/c1-32-25-13-6-5-11-23(25)26-24-12-7-8-18-28-27(24)30(29-26)21-14-16-22(17-15-21)31-19-20-9-3-2-4-10-20/h2-6,9-11,13-17,28H,7-8,12,18-19H2,1H3. The molecule has 3 aromatic carbocycles. The first-order valence-electron chi connectivity index (χ1n) is 11.1. The van der Waals surface area contributed by atoms with E-state index in [1.165, 1.54) is 28.9 Å². The molecule has 1 N–H and O–H groups in total. The molecule has 0 spiro atoms. The highest BCUT2D eigenvalue weighted by Gasteiger charge is 2.23. The number of benzene rings is 3. The number of ether oxygens (including phenoxy) is 1. The van der Waals surface area contributed by atoms with Crippen LogP contribution in [0.1, 0.15) is 24.0 Å². The zero-order valence-corrected chi connectivity index (χ0v) is 19.1. The zero-order valence-electron chi connectivity index (χ0n) is 18.3. The van der Waals surface area contributed by atoms with Crippen molar-refractivity contribution >= 4 is 17.6 Å². The topological polar surface area (TPSA) is 39.1 Å². The third-order valence-electron chi connectivity index (χ3n) is 5.82. The summed E-state index contributed by atoms with van der Waals surface area (Å²) in [6.45, 7) is 1.54. The van der Waals surface area contributed by atoms with Crippen LogP contribution in [0, 0.1) is 0 Å². The molecule has 0 saturated carbocycles. The number of fused-ring (bicyclic) bond motifs is 1. The molecule has 2 heterocycles. The van der Waals surface area contributed by atoms with Crippen LogP contribution < -0.4 is 10.1 Å². The average Bonchev–Trinajstić information content (AvgIpc) is 3.04. The van der Waals surface area contributed by atoms with Gasteiger partial charge in [0.05, 0.1) is 11.4 Å². The Hall–Kier alpha value is -3.18. The molecular formula is C27H27N3OS. The van der Waals surface area contributed by atoms with Gasteiger partial charge < -0.3 is 10.1 Å². The van der Waals surface area contributed by atoms with Gasteiger partial charge in [-0.1, -0.05) is 48.5 Å². The van der Waals surface area contributed by atoms with Gasteiger partial charge in [0, 0.05) is 22.6 Å². The van der Waals surface area contributed by atoms with E-state index in [0.29, 0.717) is 6.61 Å². The molecule has 4 aromatic rings. The van der Waals surface area contributed by atoms with Gasteiger partial charge in [0.25, 0.3) is 0 Å². The minimum atomic E-state index is 0.564. The van der Waals surface area contributed by atoms with Crippen LogP contribution in [-0.2, 0) is 13.0 Å². The maximum absolute atomic E-state index is 5.97. The van der Waals surface area contributed by atoms with Crippen LogP contribution in [0.2, 0.25) is 0 Å². The lowest BCUT2D eigenvalue weighted by Gasteiger charge is -2.11. The maximum atomic E-state index is 5.97. The predicted octanol–water partition coefficient (Wildman–Crippen LogP) is 6.59. The summed E-state index contributed by atoms with van der Waals surface area (Å²) in [4.78, 5) is 1.26. The molecule has 5 rings (SSSR count). The van der Waals surface area contributed by atoms with Crippen molar-refractivity contribution in [3.05, 3.63) is 90.0 Å². The Kier molecular flexibility index (Phi) is 6.17. The quantitative estimate of drug-likeness (QED) is 0.343. The molecule has 0 atom stereocenters. The molecule has 0 amide bonds. The Labute approximate surface area is 193 Å². The summed E-state index contributed by atoms with van der Waals surface area (Å²) in [7, 11) is 0. The highest BCUT2D eigenvalue weighted by Crippen LogP contribution is 2.37. The zero-order chi connectivity index (χ0) is 21.8. The molecule has 4 nitrogen and oxygen atoms in total. The lowest BCUT2D eigenvalue weighted by Crippen LogP contribution is -2.07. The molecule has 1 aliphatic heterocycles. The first-order valence-corrected chi connectivity index (χ1v) is 12.3. The van der Waals surface area contributed by atoms with Crippen molar-refractivity contribution in [3.63, 3.8) is 0 Å². The lowest BCUT2D eigenvalue weighted by molar-refractivity contribution is 0.306. The van der Waals surface area contributed by atoms with E-state index in [9.17, 15) is 0 Å². The van der Waals surface area contributed by atoms with E-state index >= 15 is 0 Å². The lowest BCUT2D eigenvalue weighted by atomic mass is 10.0. The first-order chi connectivity index (χ1) is 15.8. The molecule has 0 saturated heterocycles. The SMILES string of the molecule is CSc1ccccc1-c1nn(-c2ccc(OCc3ccccc3)cc2)c2c1CCCCN2. The normalized spacial score (nSPS) is 13.2. The number of hydrogen-bond acceptors (Lipinski definition) is 4. The minimum Gasteiger partial charge on any atom is -0.489 e. The number of hydrogen-bond donors (Lipinski definition) is 1. The summed E-state index contributed by atoms with van der Waals surface area (Å²) in [6, 6.07) is 27.0. The molecule has 1 aromatic heterocycles. The second-order valence-corrected chi connectivity index (χ2v) is 8.79. The third kappa shape index (κ3) is 4.26. The van der Waals surface area contributed by atoms with Gasteiger partial charge in [-0.25, -0.2) is 4.68 Å². The monoisotopic (exact) mass is 441 g/mol. The van der Waals surface area contributed by atoms with Crippen LogP contribution in [0.4, 0.5) is 5.82 Å². The third-order valence-corrected chi connectivity index (χ3v) is 6.62. The molecule has 1 aliphatic rings. The van der Waals surface area contributed by atoms with Gasteiger partial charge in [-0.15, -0.1) is 11.8 Å². The fourth-order valence-electron chi connectivity index (χ4n) is 4.17. The fourth-order valence-corrected chi connectivity index (χ4v) is 4.77. The van der Waals surface area contributed by atoms with Gasteiger partial charge in [-0.2, -0.15) is 5.10 Å². The fraction of sp³-hybridized carbons (Fsp3) is 0.222. The number of thioether (sulfide) groups is 1. The Morgan fingerprint density at radius 2 is 1.72 bits per heavy atom. The summed E-state index contributed by atoms with van der Waals surface area (Å²) in [6.07, 6.45) is 5.51. The number of anilines is 1. The van der Waals surface area contributed by atoms with Crippen LogP contribution >= 0.6 is 11.8 Å². The smallest absolute Gasteiger partial charge is 0.133 e. The van der Waals surface area contributed by atoms with Gasteiger partial charge in [0.2, 0.25) is 0 Å². The Bertz CT molecular complexity index is 1190. The molecule has 162 valence electrons. The van der Waals surface area contributed by atoms with Gasteiger partial charge in [-0.3, -0.25) is 0 Å². The number of nitrogens with zero attached hydrogens (tertiary/aromatic N) is 2. The van der Waals surface area contributed by atoms with Crippen molar-refractivity contribution < 1.29 is 4.74 Å². The summed E-state index contributed by atoms with van der Waals surface area (Å²) >= 11 is 1.77. The molecule has 32 heavy (non-hydrogen) atoms. The molecule has 0 unspecified atom stereocenters. The highest BCUT2D eigenvalue weighted by molar-refractivity contribution is 7.98. The number of aromatic nitrogens is 2. The summed E-state index contributed by atoms with van der Waals surface area (Å²) < 4.78 is 8.04. The molecule has 0 aliphatic carbocycles. The number of nitrogens with one attached hydrogen (secondary N) is 1. The molecule has 0 fully saturated rings. The van der Waals surface area contributed by atoms with E-state index < -0.39 is 0 Å². The second-order valence-electron chi connectivity index (χ2n) is 7.94. The maximum Gasteiger partial charge on any atom is 0.133 e. The largest absolute Gasteiger partial charge is 0.489 e. The van der Waals surface area contributed by atoms with Crippen molar-refractivity contribution in [2.45, 2.75) is 30.8 Å². The van der Waals surface area contributed by atoms with E-state index in [0.717, 1.165) is 41.5 Å². The Balaban J connectivity index is 1.47. The Morgan fingerprint density at radius 3 is 2.53 bits per heavy atom. The van der Waals surface area contributed by atoms with E-state index in [1.54, 1.807) is 11.8 Å². The summed E-state index contributed by atoms with van der Waals surface area (Å²) in [5.41, 5.74) is 5.81. The van der Waals surface area contributed by atoms with Crippen LogP contribution in [0.5, 0.6) is 5.75 Å².